The van der Waals surface area contributed by atoms with Crippen LogP contribution in [0, 0.1) is 16.0 Å². The molecule has 0 amide bonds. The van der Waals surface area contributed by atoms with Crippen molar-refractivity contribution in [3.05, 3.63) is 118 Å². The highest BCUT2D eigenvalue weighted by atomic mass is 28.4. The second kappa shape index (κ2) is 18.2. The first-order valence-corrected chi connectivity index (χ1v) is 23.7. The number of hydrogen-bond donors (Lipinski definition) is 3. The van der Waals surface area contributed by atoms with E-state index in [-0.39, 0.29) is 52.5 Å². The predicted octanol–water partition coefficient (Wildman–Crippen LogP) is 6.65. The van der Waals surface area contributed by atoms with Crippen LogP contribution in [0.1, 0.15) is 43.4 Å². The Morgan fingerprint density at radius 3 is 2.17 bits per heavy atom. The van der Waals surface area contributed by atoms with E-state index in [4.69, 9.17) is 47.1 Å². The first-order chi connectivity index (χ1) is 30.8. The topological polar surface area (TPSA) is 230 Å². The van der Waals surface area contributed by atoms with Crippen LogP contribution in [0.5, 0.6) is 28.7 Å². The summed E-state index contributed by atoms with van der Waals surface area (Å²) in [7, 11) is 1.78. The SMILES string of the molecule is COc1ccc([C@@]23Oc4cc(O[C@@H]5O[C@@H]([C@@H](CO[Si](C)(C)C(C)(C)C)OC(=O)Oc6ccc([N+](=O)[O-])cc6)CO[C@H]5OC)cc(OC)c4[C@]2(O)[C@H](O)[C@H](C(=O)O)[C@H]3c2ccccc2)cc1. The fraction of sp³-hybridized carbons (Fsp3) is 0.435. The molecule has 7 rings (SSSR count). The normalized spacial score (nSPS) is 26.5. The molecule has 2 aliphatic heterocycles. The molecule has 2 heterocycles. The van der Waals surface area contributed by atoms with Crippen LogP contribution in [0.2, 0.25) is 18.1 Å². The van der Waals surface area contributed by atoms with E-state index in [0.717, 1.165) is 0 Å². The van der Waals surface area contributed by atoms with Gasteiger partial charge in [-0.15, -0.1) is 0 Å². The third kappa shape index (κ3) is 8.60. The number of methoxy groups -OCH3 is 3. The fourth-order valence-corrected chi connectivity index (χ4v) is 9.48. The smallest absolute Gasteiger partial charge is 0.497 e. The maximum absolute atomic E-state index is 13.3. The van der Waals surface area contributed by atoms with E-state index >= 15 is 0 Å². The van der Waals surface area contributed by atoms with Crippen LogP contribution in [0.25, 0.3) is 0 Å². The van der Waals surface area contributed by atoms with Gasteiger partial charge in [-0.3, -0.25) is 14.9 Å². The highest BCUT2D eigenvalue weighted by molar-refractivity contribution is 6.74. The third-order valence-corrected chi connectivity index (χ3v) is 17.3. The molecule has 65 heavy (non-hydrogen) atoms. The lowest BCUT2D eigenvalue weighted by molar-refractivity contribution is -0.384. The highest BCUT2D eigenvalue weighted by Crippen LogP contribution is 2.70. The molecule has 1 saturated carbocycles. The number of carboxylic acid groups (broad SMARTS) is 1. The van der Waals surface area contributed by atoms with Crippen LogP contribution in [0.15, 0.2) is 91.0 Å². The minimum absolute atomic E-state index is 0.00238. The maximum Gasteiger partial charge on any atom is 0.514 e. The van der Waals surface area contributed by atoms with Crippen LogP contribution < -0.4 is 23.7 Å². The zero-order chi connectivity index (χ0) is 47.1. The Balaban J connectivity index is 1.23. The summed E-state index contributed by atoms with van der Waals surface area (Å²) < 4.78 is 60.3. The van der Waals surface area contributed by atoms with Crippen LogP contribution in [-0.4, -0.2) is 106 Å². The second-order valence-corrected chi connectivity index (χ2v) is 22.3. The van der Waals surface area contributed by atoms with Gasteiger partial charge in [-0.05, 0) is 53.5 Å². The highest BCUT2D eigenvalue weighted by Gasteiger charge is 2.78. The molecular formula is C46H53NO17Si. The van der Waals surface area contributed by atoms with E-state index in [9.17, 15) is 35.0 Å². The quantitative estimate of drug-likeness (QED) is 0.0373. The van der Waals surface area contributed by atoms with Gasteiger partial charge >= 0.3 is 12.1 Å². The van der Waals surface area contributed by atoms with Crippen molar-refractivity contribution in [3.8, 4) is 28.7 Å². The Morgan fingerprint density at radius 1 is 0.923 bits per heavy atom. The number of aliphatic hydroxyl groups is 2. The number of benzene rings is 4. The number of carbonyl (C=O) groups excluding carboxylic acids is 1. The first-order valence-electron chi connectivity index (χ1n) is 20.8. The largest absolute Gasteiger partial charge is 0.514 e. The Labute approximate surface area is 376 Å². The monoisotopic (exact) mass is 919 g/mol. The molecule has 19 heteroatoms. The van der Waals surface area contributed by atoms with Crippen molar-refractivity contribution in [1.82, 2.24) is 0 Å². The van der Waals surface area contributed by atoms with Crippen LogP contribution >= 0.6 is 0 Å². The van der Waals surface area contributed by atoms with Gasteiger partial charge in [-0.25, -0.2) is 4.79 Å². The molecule has 3 aliphatic rings. The Bertz CT molecular complexity index is 2360. The minimum atomic E-state index is -2.44. The number of carbonyl (C=O) groups is 2. The molecule has 348 valence electrons. The molecular weight excluding hydrogens is 867 g/mol. The summed E-state index contributed by atoms with van der Waals surface area (Å²) in [5, 5.41) is 46.9. The van der Waals surface area contributed by atoms with Crippen LogP contribution in [0.4, 0.5) is 10.5 Å². The summed E-state index contributed by atoms with van der Waals surface area (Å²) in [5.74, 6) is -3.48. The van der Waals surface area contributed by atoms with Gasteiger partial charge in [0.25, 0.3) is 12.0 Å². The van der Waals surface area contributed by atoms with Crippen molar-refractivity contribution < 1.29 is 76.9 Å². The molecule has 0 bridgehead atoms. The molecule has 3 N–H and O–H groups in total. The number of aliphatic carboxylic acids is 1. The van der Waals surface area contributed by atoms with Crippen molar-refractivity contribution in [2.75, 3.05) is 34.5 Å². The predicted molar refractivity (Wildman–Crippen MR) is 232 cm³/mol. The first kappa shape index (κ1) is 47.2. The van der Waals surface area contributed by atoms with E-state index in [2.05, 4.69) is 20.8 Å². The molecule has 1 aliphatic carbocycles. The summed E-state index contributed by atoms with van der Waals surface area (Å²) in [6.07, 6.45) is -7.68. The minimum Gasteiger partial charge on any atom is -0.497 e. The van der Waals surface area contributed by atoms with Crippen LogP contribution in [-0.2, 0) is 39.4 Å². The zero-order valence-electron chi connectivity index (χ0n) is 37.1. The van der Waals surface area contributed by atoms with Crippen molar-refractivity contribution in [2.24, 2.45) is 5.92 Å². The lowest BCUT2D eigenvalue weighted by Crippen LogP contribution is -2.54. The Kier molecular flexibility index (Phi) is 13.2. The number of hydrogen-bond acceptors (Lipinski definition) is 16. The van der Waals surface area contributed by atoms with E-state index in [1.165, 1.54) is 57.7 Å². The zero-order valence-corrected chi connectivity index (χ0v) is 38.1. The van der Waals surface area contributed by atoms with E-state index in [0.29, 0.717) is 16.9 Å². The summed E-state index contributed by atoms with van der Waals surface area (Å²) in [5.41, 5.74) is -3.72. The molecule has 1 saturated heterocycles. The lowest BCUT2D eigenvalue weighted by atomic mass is 9.70. The van der Waals surface area contributed by atoms with Gasteiger partial charge in [-0.1, -0.05) is 63.2 Å². The number of fused-ring (bicyclic) bond motifs is 3. The standard InChI is InChI=1S/C46H53NO17Si/c1-44(2,3)65(7,8)59-25-35(63-43(51)61-30-20-16-28(17-21-30)47(53)54)34-24-58-41(57-6)42(62-34)60-31-22-32(56-5)38-33(23-31)64-46(27-14-18-29(55-4)19-15-27)37(26-12-10-9-11-13-26)36(40(49)50)39(48)45(38,46)52/h9-23,34-37,39,41-42,48,52H,24-25H2,1-8H3,(H,49,50)/t34-,35-,36-,37-,39-,41-,42-,45+,46+/m1/s1. The second-order valence-electron chi connectivity index (χ2n) is 17.5. The molecule has 0 spiro atoms. The number of nitrogens with zero attached hydrogens (tertiary/aromatic N) is 1. The van der Waals surface area contributed by atoms with Gasteiger partial charge in [0, 0.05) is 37.3 Å². The molecule has 2 fully saturated rings. The number of rotatable bonds is 15. The number of nitro groups is 1. The van der Waals surface area contributed by atoms with Gasteiger partial charge < -0.3 is 62.4 Å². The van der Waals surface area contributed by atoms with Crippen molar-refractivity contribution in [3.63, 3.8) is 0 Å². The molecule has 0 aromatic heterocycles. The van der Waals surface area contributed by atoms with Gasteiger partial charge in [0.05, 0.1) is 43.8 Å². The molecule has 4 aromatic rings. The summed E-state index contributed by atoms with van der Waals surface area (Å²) >= 11 is 0. The summed E-state index contributed by atoms with van der Waals surface area (Å²) in [6.45, 7) is 9.94. The average molecular weight is 920 g/mol. The van der Waals surface area contributed by atoms with Crippen molar-refractivity contribution in [1.29, 1.82) is 0 Å². The van der Waals surface area contributed by atoms with Crippen LogP contribution in [0.3, 0.4) is 0 Å². The Morgan fingerprint density at radius 2 is 1.58 bits per heavy atom. The van der Waals surface area contributed by atoms with E-state index < -0.39 is 79.3 Å². The van der Waals surface area contributed by atoms with Gasteiger partial charge in [-0.2, -0.15) is 0 Å². The molecule has 4 aromatic carbocycles. The number of carboxylic acids is 1. The number of nitro benzene ring substituents is 1. The molecule has 18 nitrogen and oxygen atoms in total. The van der Waals surface area contributed by atoms with Gasteiger partial charge in [0.2, 0.25) is 6.29 Å². The summed E-state index contributed by atoms with van der Waals surface area (Å²) in [6, 6.07) is 23.1. The number of ether oxygens (including phenoxy) is 9. The Hall–Kier alpha value is -5.80. The molecule has 0 unspecified atom stereocenters. The number of aliphatic hydroxyl groups excluding tert-OH is 1. The molecule has 9 atom stereocenters. The van der Waals surface area contributed by atoms with E-state index in [1.807, 2.05) is 13.1 Å². The molecule has 0 radical (unpaired) electrons. The lowest BCUT2D eigenvalue weighted by Gasteiger charge is -2.40. The summed E-state index contributed by atoms with van der Waals surface area (Å²) in [4.78, 5) is 37.0. The number of non-ortho nitro benzene ring substituents is 1. The fourth-order valence-electron chi connectivity index (χ4n) is 8.47. The van der Waals surface area contributed by atoms with E-state index in [1.54, 1.807) is 54.6 Å². The maximum atomic E-state index is 13.3. The average Bonchev–Trinajstić information content (AvgIpc) is 3.66. The van der Waals surface area contributed by atoms with Crippen molar-refractivity contribution >= 4 is 26.1 Å². The van der Waals surface area contributed by atoms with Gasteiger partial charge in [0.1, 0.15) is 41.0 Å². The third-order valence-electron chi connectivity index (χ3n) is 12.8. The van der Waals surface area contributed by atoms with Gasteiger partial charge in [0.15, 0.2) is 25.6 Å². The van der Waals surface area contributed by atoms with Crippen molar-refractivity contribution in [2.45, 2.75) is 86.9 Å².